The molecule has 0 aromatic rings. The van der Waals surface area contributed by atoms with Gasteiger partial charge in [-0.15, -0.1) is 0 Å². The summed E-state index contributed by atoms with van der Waals surface area (Å²) in [6, 6.07) is 0. The molecule has 0 aliphatic rings. The van der Waals surface area contributed by atoms with Crippen molar-refractivity contribution in [3.63, 3.8) is 0 Å². The third-order valence-electron chi connectivity index (χ3n) is 2.26. The average Bonchev–Trinajstić information content (AvgIpc) is 2.10. The summed E-state index contributed by atoms with van der Waals surface area (Å²) < 4.78 is 37.4. The number of amides is 1. The number of likely N-dealkylation sites (N-methyl/N-ethyl adjacent to an activating group) is 2. The predicted octanol–water partition coefficient (Wildman–Crippen LogP) is 0.286. The Morgan fingerprint density at radius 2 is 1.62 bits per heavy atom. The van der Waals surface area contributed by atoms with Crippen LogP contribution in [0.15, 0.2) is 0 Å². The number of nitrogens with two attached hydrogens (primary N) is 1. The Hall–Kier alpha value is -0.820. The molecule has 0 fully saturated rings. The second kappa shape index (κ2) is 5.01. The van der Waals surface area contributed by atoms with Gasteiger partial charge in [-0.05, 0) is 21.0 Å². The molecular formula is C9H18F3N3O. The van der Waals surface area contributed by atoms with Crippen LogP contribution in [0.3, 0.4) is 0 Å². The minimum absolute atomic E-state index is 0.203. The van der Waals surface area contributed by atoms with Crippen molar-refractivity contribution in [1.82, 2.24) is 9.80 Å². The quantitative estimate of drug-likeness (QED) is 0.769. The van der Waals surface area contributed by atoms with Crippen LogP contribution in [0.1, 0.15) is 6.92 Å². The summed E-state index contributed by atoms with van der Waals surface area (Å²) in [4.78, 5) is 14.2. The fourth-order valence-corrected chi connectivity index (χ4v) is 0.969. The van der Waals surface area contributed by atoms with Gasteiger partial charge < -0.3 is 15.5 Å². The summed E-state index contributed by atoms with van der Waals surface area (Å²) in [5.74, 6) is -1.12. The molecule has 7 heteroatoms. The summed E-state index contributed by atoms with van der Waals surface area (Å²) in [5, 5.41) is 0. The molecule has 0 rings (SSSR count). The zero-order chi connectivity index (χ0) is 13.1. The number of nitrogens with zero attached hydrogens (tertiary/aromatic N) is 2. The van der Waals surface area contributed by atoms with E-state index < -0.39 is 17.6 Å². The fourth-order valence-electron chi connectivity index (χ4n) is 0.969. The van der Waals surface area contributed by atoms with Crippen molar-refractivity contribution in [2.75, 3.05) is 34.2 Å². The SMILES string of the molecule is CN(C)CCN(C)C(=O)C(C)(N)C(F)(F)F. The van der Waals surface area contributed by atoms with Crippen LogP contribution < -0.4 is 5.73 Å². The Bertz CT molecular complexity index is 251. The lowest BCUT2D eigenvalue weighted by molar-refractivity contribution is -0.193. The van der Waals surface area contributed by atoms with Gasteiger partial charge in [-0.3, -0.25) is 4.79 Å². The van der Waals surface area contributed by atoms with E-state index in [2.05, 4.69) is 0 Å². The first-order chi connectivity index (χ1) is 7.00. The van der Waals surface area contributed by atoms with Crippen LogP contribution in [0.2, 0.25) is 0 Å². The Balaban J connectivity index is 4.55. The molecular weight excluding hydrogens is 223 g/mol. The van der Waals surface area contributed by atoms with Gasteiger partial charge in [0, 0.05) is 20.1 Å². The van der Waals surface area contributed by atoms with Crippen molar-refractivity contribution in [3.05, 3.63) is 0 Å². The number of hydrogen-bond donors (Lipinski definition) is 1. The van der Waals surface area contributed by atoms with Crippen LogP contribution in [0.4, 0.5) is 13.2 Å². The molecule has 2 N–H and O–H groups in total. The zero-order valence-electron chi connectivity index (χ0n) is 9.93. The number of rotatable bonds is 4. The van der Waals surface area contributed by atoms with E-state index in [4.69, 9.17) is 5.73 Å². The van der Waals surface area contributed by atoms with Crippen molar-refractivity contribution >= 4 is 5.91 Å². The van der Waals surface area contributed by atoms with E-state index >= 15 is 0 Å². The summed E-state index contributed by atoms with van der Waals surface area (Å²) in [5.41, 5.74) is 2.19. The maximum absolute atomic E-state index is 12.5. The first-order valence-electron chi connectivity index (χ1n) is 4.76. The zero-order valence-corrected chi connectivity index (χ0v) is 9.93. The van der Waals surface area contributed by atoms with Gasteiger partial charge in [0.1, 0.15) is 0 Å². The van der Waals surface area contributed by atoms with Gasteiger partial charge in [-0.25, -0.2) is 0 Å². The van der Waals surface area contributed by atoms with Crippen LogP contribution in [-0.4, -0.2) is 61.7 Å². The molecule has 0 aromatic heterocycles. The Kier molecular flexibility index (Phi) is 4.75. The molecule has 0 heterocycles. The number of alkyl halides is 3. The van der Waals surface area contributed by atoms with E-state index in [1.54, 1.807) is 19.0 Å². The van der Waals surface area contributed by atoms with Gasteiger partial charge >= 0.3 is 6.18 Å². The molecule has 0 bridgehead atoms. The van der Waals surface area contributed by atoms with Crippen LogP contribution in [0, 0.1) is 0 Å². The Morgan fingerprint density at radius 1 is 1.19 bits per heavy atom. The molecule has 4 nitrogen and oxygen atoms in total. The molecule has 0 aromatic carbocycles. The summed E-state index contributed by atoms with van der Waals surface area (Å²) in [6.07, 6.45) is -4.74. The summed E-state index contributed by atoms with van der Waals surface area (Å²) in [6.45, 7) is 1.37. The monoisotopic (exact) mass is 241 g/mol. The van der Waals surface area contributed by atoms with E-state index in [0.29, 0.717) is 13.5 Å². The Labute approximate surface area is 93.2 Å². The van der Waals surface area contributed by atoms with Gasteiger partial charge in [0.25, 0.3) is 5.91 Å². The number of carbonyl (C=O) groups excluding carboxylic acids is 1. The highest BCUT2D eigenvalue weighted by Gasteiger charge is 2.54. The minimum atomic E-state index is -4.74. The molecule has 16 heavy (non-hydrogen) atoms. The lowest BCUT2D eigenvalue weighted by atomic mass is 10.0. The fraction of sp³-hybridized carbons (Fsp3) is 0.889. The van der Waals surface area contributed by atoms with Crippen LogP contribution in [-0.2, 0) is 4.79 Å². The molecule has 1 amide bonds. The maximum Gasteiger partial charge on any atom is 0.415 e. The highest BCUT2D eigenvalue weighted by Crippen LogP contribution is 2.29. The molecule has 0 aliphatic heterocycles. The third kappa shape index (κ3) is 3.64. The first kappa shape index (κ1) is 15.2. The average molecular weight is 241 g/mol. The number of halogens is 3. The standard InChI is InChI=1S/C9H18F3N3O/c1-8(13,9(10,11)12)7(16)15(4)6-5-14(2)3/h5-6,13H2,1-4H3. The highest BCUT2D eigenvalue weighted by atomic mass is 19.4. The maximum atomic E-state index is 12.5. The van der Waals surface area contributed by atoms with E-state index in [0.717, 1.165) is 4.90 Å². The number of carbonyl (C=O) groups is 1. The lowest BCUT2D eigenvalue weighted by Gasteiger charge is -2.31. The molecule has 0 aliphatic carbocycles. The minimum Gasteiger partial charge on any atom is -0.343 e. The van der Waals surface area contributed by atoms with Crippen LogP contribution >= 0.6 is 0 Å². The summed E-state index contributed by atoms with van der Waals surface area (Å²) in [7, 11) is 4.84. The molecule has 96 valence electrons. The molecule has 1 unspecified atom stereocenters. The number of hydrogen-bond acceptors (Lipinski definition) is 3. The van der Waals surface area contributed by atoms with Crippen molar-refractivity contribution in [3.8, 4) is 0 Å². The van der Waals surface area contributed by atoms with Crippen LogP contribution in [0.25, 0.3) is 0 Å². The van der Waals surface area contributed by atoms with Crippen molar-refractivity contribution < 1.29 is 18.0 Å². The lowest BCUT2D eigenvalue weighted by Crippen LogP contribution is -2.61. The van der Waals surface area contributed by atoms with Crippen molar-refractivity contribution in [1.29, 1.82) is 0 Å². The van der Waals surface area contributed by atoms with Gasteiger partial charge in [0.15, 0.2) is 5.54 Å². The molecule has 0 saturated carbocycles. The molecule has 1 atom stereocenters. The van der Waals surface area contributed by atoms with E-state index in [1.165, 1.54) is 7.05 Å². The molecule has 0 radical (unpaired) electrons. The van der Waals surface area contributed by atoms with Gasteiger partial charge in [0.05, 0.1) is 0 Å². The van der Waals surface area contributed by atoms with Crippen molar-refractivity contribution in [2.45, 2.75) is 18.6 Å². The summed E-state index contributed by atoms with van der Waals surface area (Å²) >= 11 is 0. The van der Waals surface area contributed by atoms with Gasteiger partial charge in [0.2, 0.25) is 0 Å². The second-order valence-electron chi connectivity index (χ2n) is 4.23. The van der Waals surface area contributed by atoms with Gasteiger partial charge in [-0.1, -0.05) is 0 Å². The predicted molar refractivity (Wildman–Crippen MR) is 54.8 cm³/mol. The first-order valence-corrected chi connectivity index (χ1v) is 4.76. The molecule has 0 spiro atoms. The smallest absolute Gasteiger partial charge is 0.343 e. The van der Waals surface area contributed by atoms with Gasteiger partial charge in [-0.2, -0.15) is 13.2 Å². The highest BCUT2D eigenvalue weighted by molar-refractivity contribution is 5.86. The largest absolute Gasteiger partial charge is 0.415 e. The van der Waals surface area contributed by atoms with E-state index in [-0.39, 0.29) is 6.54 Å². The topological polar surface area (TPSA) is 49.6 Å². The van der Waals surface area contributed by atoms with E-state index in [1.807, 2.05) is 0 Å². The van der Waals surface area contributed by atoms with Crippen LogP contribution in [0.5, 0.6) is 0 Å². The second-order valence-corrected chi connectivity index (χ2v) is 4.23. The normalized spacial score (nSPS) is 16.1. The molecule has 0 saturated heterocycles. The Morgan fingerprint density at radius 3 is 1.94 bits per heavy atom. The van der Waals surface area contributed by atoms with Crippen molar-refractivity contribution in [2.24, 2.45) is 5.73 Å². The van der Waals surface area contributed by atoms with E-state index in [9.17, 15) is 18.0 Å². The third-order valence-corrected chi connectivity index (χ3v) is 2.26.